The van der Waals surface area contributed by atoms with Gasteiger partial charge in [0.05, 0.1) is 0 Å². The van der Waals surface area contributed by atoms with Crippen molar-refractivity contribution in [1.29, 1.82) is 0 Å². The van der Waals surface area contributed by atoms with Crippen molar-refractivity contribution in [3.63, 3.8) is 0 Å². The zero-order chi connectivity index (χ0) is 10.9. The Morgan fingerprint density at radius 1 is 1.47 bits per heavy atom. The number of rotatable bonds is 7. The summed E-state index contributed by atoms with van der Waals surface area (Å²) in [5.41, 5.74) is 0. The average molecular weight is 214 g/mol. The molecule has 15 heavy (non-hydrogen) atoms. The summed E-state index contributed by atoms with van der Waals surface area (Å²) >= 11 is 0. The van der Waals surface area contributed by atoms with E-state index < -0.39 is 0 Å². The monoisotopic (exact) mass is 214 g/mol. The van der Waals surface area contributed by atoms with Crippen LogP contribution < -0.4 is 0 Å². The fourth-order valence-corrected chi connectivity index (χ4v) is 1.74. The molecule has 1 rings (SSSR count). The van der Waals surface area contributed by atoms with Crippen molar-refractivity contribution >= 4 is 6.29 Å². The third-order valence-corrected chi connectivity index (χ3v) is 2.83. The molecule has 0 aromatic heterocycles. The van der Waals surface area contributed by atoms with Gasteiger partial charge >= 0.3 is 0 Å². The van der Waals surface area contributed by atoms with E-state index in [2.05, 4.69) is 6.92 Å². The van der Waals surface area contributed by atoms with Gasteiger partial charge in [-0.2, -0.15) is 0 Å². The zero-order valence-electron chi connectivity index (χ0n) is 9.61. The highest BCUT2D eigenvalue weighted by molar-refractivity contribution is 5.49. The standard InChI is InChI=1S/C12H22O3/c1-11(5-4-8-13)7-10-15-12-6-2-3-9-14-12/h8,11-12H,2-7,9-10H2,1H3. The highest BCUT2D eigenvalue weighted by atomic mass is 16.7. The molecule has 1 aliphatic rings. The Kier molecular flexibility index (Phi) is 6.60. The van der Waals surface area contributed by atoms with Gasteiger partial charge in [0.15, 0.2) is 6.29 Å². The molecule has 88 valence electrons. The van der Waals surface area contributed by atoms with Gasteiger partial charge in [-0.1, -0.05) is 6.92 Å². The topological polar surface area (TPSA) is 35.5 Å². The smallest absolute Gasteiger partial charge is 0.157 e. The van der Waals surface area contributed by atoms with E-state index in [-0.39, 0.29) is 6.29 Å². The molecule has 1 heterocycles. The minimum atomic E-state index is 0.0250. The van der Waals surface area contributed by atoms with Crippen molar-refractivity contribution in [3.8, 4) is 0 Å². The molecule has 0 radical (unpaired) electrons. The summed E-state index contributed by atoms with van der Waals surface area (Å²) in [6.07, 6.45) is 7.08. The first-order valence-corrected chi connectivity index (χ1v) is 5.99. The molecular weight excluding hydrogens is 192 g/mol. The maximum atomic E-state index is 10.2. The summed E-state index contributed by atoms with van der Waals surface area (Å²) in [5, 5.41) is 0. The highest BCUT2D eigenvalue weighted by Gasteiger charge is 2.14. The van der Waals surface area contributed by atoms with Crippen molar-refractivity contribution in [1.82, 2.24) is 0 Å². The van der Waals surface area contributed by atoms with Crippen LogP contribution in [-0.2, 0) is 14.3 Å². The van der Waals surface area contributed by atoms with Crippen LogP contribution in [0.5, 0.6) is 0 Å². The number of hydrogen-bond donors (Lipinski definition) is 0. The van der Waals surface area contributed by atoms with E-state index in [1.807, 2.05) is 0 Å². The second kappa shape index (κ2) is 7.83. The van der Waals surface area contributed by atoms with Gasteiger partial charge in [0.25, 0.3) is 0 Å². The molecule has 1 fully saturated rings. The van der Waals surface area contributed by atoms with Crippen molar-refractivity contribution in [2.75, 3.05) is 13.2 Å². The van der Waals surface area contributed by atoms with Crippen LogP contribution in [0.25, 0.3) is 0 Å². The molecule has 3 nitrogen and oxygen atoms in total. The molecule has 0 bridgehead atoms. The summed E-state index contributed by atoms with van der Waals surface area (Å²) < 4.78 is 11.1. The van der Waals surface area contributed by atoms with Crippen LogP contribution in [0.15, 0.2) is 0 Å². The Morgan fingerprint density at radius 3 is 3.00 bits per heavy atom. The van der Waals surface area contributed by atoms with Gasteiger partial charge in [-0.15, -0.1) is 0 Å². The molecule has 2 unspecified atom stereocenters. The Balaban J connectivity index is 1.96. The van der Waals surface area contributed by atoms with Gasteiger partial charge in [-0.3, -0.25) is 0 Å². The first-order chi connectivity index (χ1) is 7.33. The third-order valence-electron chi connectivity index (χ3n) is 2.83. The van der Waals surface area contributed by atoms with E-state index in [4.69, 9.17) is 9.47 Å². The predicted octanol–water partition coefficient (Wildman–Crippen LogP) is 2.53. The quantitative estimate of drug-likeness (QED) is 0.611. The molecule has 2 atom stereocenters. The maximum Gasteiger partial charge on any atom is 0.157 e. The molecule has 0 aromatic carbocycles. The number of hydrogen-bond acceptors (Lipinski definition) is 3. The lowest BCUT2D eigenvalue weighted by Crippen LogP contribution is -2.23. The van der Waals surface area contributed by atoms with Gasteiger partial charge in [0, 0.05) is 19.6 Å². The van der Waals surface area contributed by atoms with Crippen LogP contribution in [0, 0.1) is 5.92 Å². The van der Waals surface area contributed by atoms with E-state index in [1.165, 1.54) is 6.42 Å². The second-order valence-electron chi connectivity index (χ2n) is 4.30. The minimum absolute atomic E-state index is 0.0250. The van der Waals surface area contributed by atoms with Crippen LogP contribution in [0.3, 0.4) is 0 Å². The lowest BCUT2D eigenvalue weighted by atomic mass is 10.0. The van der Waals surface area contributed by atoms with E-state index in [0.717, 1.165) is 45.2 Å². The van der Waals surface area contributed by atoms with Crippen molar-refractivity contribution in [2.45, 2.75) is 51.7 Å². The fourth-order valence-electron chi connectivity index (χ4n) is 1.74. The summed E-state index contributed by atoms with van der Waals surface area (Å²) in [4.78, 5) is 10.2. The van der Waals surface area contributed by atoms with Crippen molar-refractivity contribution < 1.29 is 14.3 Å². The molecule has 0 spiro atoms. The zero-order valence-corrected chi connectivity index (χ0v) is 9.61. The largest absolute Gasteiger partial charge is 0.353 e. The second-order valence-corrected chi connectivity index (χ2v) is 4.30. The van der Waals surface area contributed by atoms with E-state index >= 15 is 0 Å². The van der Waals surface area contributed by atoms with Gasteiger partial charge in [-0.05, 0) is 38.0 Å². The lowest BCUT2D eigenvalue weighted by Gasteiger charge is -2.23. The lowest BCUT2D eigenvalue weighted by molar-refractivity contribution is -0.164. The Morgan fingerprint density at radius 2 is 2.33 bits per heavy atom. The van der Waals surface area contributed by atoms with E-state index in [9.17, 15) is 4.79 Å². The first-order valence-electron chi connectivity index (χ1n) is 5.99. The summed E-state index contributed by atoms with van der Waals surface area (Å²) in [6.45, 7) is 3.75. The predicted molar refractivity (Wildman–Crippen MR) is 58.6 cm³/mol. The molecule has 0 aliphatic carbocycles. The van der Waals surface area contributed by atoms with Crippen LogP contribution in [-0.4, -0.2) is 25.8 Å². The van der Waals surface area contributed by atoms with Gasteiger partial charge in [0.2, 0.25) is 0 Å². The fraction of sp³-hybridized carbons (Fsp3) is 0.917. The average Bonchev–Trinajstić information content (AvgIpc) is 2.28. The normalized spacial score (nSPS) is 23.7. The molecular formula is C12H22O3. The third kappa shape index (κ3) is 5.90. The van der Waals surface area contributed by atoms with E-state index in [1.54, 1.807) is 0 Å². The first kappa shape index (κ1) is 12.7. The van der Waals surface area contributed by atoms with E-state index in [0.29, 0.717) is 12.3 Å². The highest BCUT2D eigenvalue weighted by Crippen LogP contribution is 2.15. The van der Waals surface area contributed by atoms with Crippen molar-refractivity contribution in [3.05, 3.63) is 0 Å². The maximum absolute atomic E-state index is 10.2. The Hall–Kier alpha value is -0.410. The molecule has 3 heteroatoms. The van der Waals surface area contributed by atoms with Gasteiger partial charge < -0.3 is 14.3 Å². The van der Waals surface area contributed by atoms with Crippen molar-refractivity contribution in [2.24, 2.45) is 5.92 Å². The number of carbonyl (C=O) groups is 1. The summed E-state index contributed by atoms with van der Waals surface area (Å²) in [5.74, 6) is 0.568. The molecule has 0 saturated carbocycles. The molecule has 1 saturated heterocycles. The van der Waals surface area contributed by atoms with Crippen LogP contribution in [0.2, 0.25) is 0 Å². The molecule has 0 amide bonds. The number of aldehydes is 1. The minimum Gasteiger partial charge on any atom is -0.353 e. The van der Waals surface area contributed by atoms with Crippen LogP contribution in [0.1, 0.15) is 45.4 Å². The summed E-state index contributed by atoms with van der Waals surface area (Å²) in [7, 11) is 0. The van der Waals surface area contributed by atoms with Gasteiger partial charge in [-0.25, -0.2) is 0 Å². The van der Waals surface area contributed by atoms with Crippen LogP contribution >= 0.6 is 0 Å². The van der Waals surface area contributed by atoms with Crippen LogP contribution in [0.4, 0.5) is 0 Å². The molecule has 1 aliphatic heterocycles. The Bertz CT molecular complexity index is 164. The molecule has 0 N–H and O–H groups in total. The number of ether oxygens (including phenoxy) is 2. The Labute approximate surface area is 92.1 Å². The summed E-state index contributed by atoms with van der Waals surface area (Å²) in [6, 6.07) is 0. The molecule has 0 aromatic rings. The van der Waals surface area contributed by atoms with Gasteiger partial charge in [0.1, 0.15) is 6.29 Å². The SMILES string of the molecule is CC(CCC=O)CCOC1CCCCO1. The number of carbonyl (C=O) groups excluding carboxylic acids is 1.